The van der Waals surface area contributed by atoms with Gasteiger partial charge in [-0.25, -0.2) is 0 Å². The van der Waals surface area contributed by atoms with E-state index in [1.807, 2.05) is 27.7 Å². The summed E-state index contributed by atoms with van der Waals surface area (Å²) >= 11 is 0. The molecule has 0 N–H and O–H groups in total. The van der Waals surface area contributed by atoms with Gasteiger partial charge >= 0.3 is 0 Å². The molecule has 0 saturated carbocycles. The highest BCUT2D eigenvalue weighted by molar-refractivity contribution is 5.32. The third kappa shape index (κ3) is 7.28. The van der Waals surface area contributed by atoms with Gasteiger partial charge in [0.2, 0.25) is 0 Å². The van der Waals surface area contributed by atoms with E-state index in [4.69, 9.17) is 0 Å². The van der Waals surface area contributed by atoms with Crippen molar-refractivity contribution in [2.75, 3.05) is 0 Å². The second kappa shape index (κ2) is 10.5. The fraction of sp³-hybridized carbons (Fsp3) is 0.500. The Labute approximate surface area is 102 Å². The SMILES string of the molecule is C/C=C/C1(C)C=CC=C(C)C=C1.CC.CC. The first-order valence-corrected chi connectivity index (χ1v) is 6.35. The first-order valence-electron chi connectivity index (χ1n) is 6.35. The van der Waals surface area contributed by atoms with Crippen molar-refractivity contribution in [2.45, 2.75) is 48.5 Å². The van der Waals surface area contributed by atoms with E-state index in [1.54, 1.807) is 0 Å². The van der Waals surface area contributed by atoms with Gasteiger partial charge in [0.1, 0.15) is 0 Å². The molecule has 0 heteroatoms. The average molecular weight is 220 g/mol. The molecule has 0 aliphatic heterocycles. The van der Waals surface area contributed by atoms with E-state index in [0.717, 1.165) is 0 Å². The predicted octanol–water partition coefficient (Wildman–Crippen LogP) is 5.69. The number of rotatable bonds is 1. The molecule has 16 heavy (non-hydrogen) atoms. The van der Waals surface area contributed by atoms with Crippen LogP contribution in [-0.2, 0) is 0 Å². The molecule has 0 bridgehead atoms. The zero-order chi connectivity index (χ0) is 13.0. The van der Waals surface area contributed by atoms with Crippen LogP contribution in [0.2, 0.25) is 0 Å². The summed E-state index contributed by atoms with van der Waals surface area (Å²) in [4.78, 5) is 0. The fourth-order valence-corrected chi connectivity index (χ4v) is 1.30. The summed E-state index contributed by atoms with van der Waals surface area (Å²) in [6, 6.07) is 0. The van der Waals surface area contributed by atoms with E-state index in [1.165, 1.54) is 5.57 Å². The molecular weight excluding hydrogens is 192 g/mol. The first kappa shape index (κ1) is 17.4. The fourth-order valence-electron chi connectivity index (χ4n) is 1.30. The molecule has 1 unspecified atom stereocenters. The Kier molecular flexibility index (Phi) is 11.4. The molecule has 0 heterocycles. The number of hydrogen-bond acceptors (Lipinski definition) is 0. The maximum Gasteiger partial charge on any atom is 0.0219 e. The van der Waals surface area contributed by atoms with E-state index in [-0.39, 0.29) is 5.41 Å². The van der Waals surface area contributed by atoms with Crippen molar-refractivity contribution in [3.05, 3.63) is 48.1 Å². The first-order chi connectivity index (χ1) is 7.66. The van der Waals surface area contributed by atoms with Gasteiger partial charge in [-0.05, 0) is 20.8 Å². The van der Waals surface area contributed by atoms with Crippen LogP contribution in [0.15, 0.2) is 48.1 Å². The Bertz CT molecular complexity index is 264. The second-order valence-corrected chi connectivity index (χ2v) is 3.47. The van der Waals surface area contributed by atoms with Crippen LogP contribution < -0.4 is 0 Å². The van der Waals surface area contributed by atoms with Gasteiger partial charge in [0, 0.05) is 5.41 Å². The van der Waals surface area contributed by atoms with E-state index in [0.29, 0.717) is 0 Å². The Hall–Kier alpha value is -1.04. The van der Waals surface area contributed by atoms with Crippen LogP contribution in [0.25, 0.3) is 0 Å². The molecule has 0 amide bonds. The Morgan fingerprint density at radius 3 is 2.12 bits per heavy atom. The quantitative estimate of drug-likeness (QED) is 0.498. The number of hydrogen-bond donors (Lipinski definition) is 0. The van der Waals surface area contributed by atoms with Gasteiger partial charge in [-0.2, -0.15) is 0 Å². The molecule has 1 aliphatic carbocycles. The molecular formula is C16H28. The van der Waals surface area contributed by atoms with Crippen molar-refractivity contribution in [3.63, 3.8) is 0 Å². The zero-order valence-corrected chi connectivity index (χ0v) is 12.0. The molecule has 0 aromatic rings. The monoisotopic (exact) mass is 220 g/mol. The van der Waals surface area contributed by atoms with Crippen molar-refractivity contribution in [3.8, 4) is 0 Å². The normalized spacial score (nSPS) is 22.6. The van der Waals surface area contributed by atoms with Gasteiger partial charge in [-0.1, -0.05) is 75.8 Å². The molecule has 0 aromatic carbocycles. The van der Waals surface area contributed by atoms with Crippen LogP contribution in [0.5, 0.6) is 0 Å². The van der Waals surface area contributed by atoms with Crippen molar-refractivity contribution >= 4 is 0 Å². The summed E-state index contributed by atoms with van der Waals surface area (Å²) in [6.07, 6.45) is 15.1. The van der Waals surface area contributed by atoms with E-state index < -0.39 is 0 Å². The second-order valence-electron chi connectivity index (χ2n) is 3.47. The topological polar surface area (TPSA) is 0 Å². The minimum Gasteiger partial charge on any atom is -0.0905 e. The molecule has 0 aromatic heterocycles. The maximum atomic E-state index is 2.22. The summed E-state index contributed by atoms with van der Waals surface area (Å²) < 4.78 is 0. The Morgan fingerprint density at radius 2 is 1.62 bits per heavy atom. The van der Waals surface area contributed by atoms with Crippen LogP contribution in [0.3, 0.4) is 0 Å². The lowest BCUT2D eigenvalue weighted by atomic mass is 9.89. The minimum atomic E-state index is 0.100. The summed E-state index contributed by atoms with van der Waals surface area (Å²) in [7, 11) is 0. The minimum absolute atomic E-state index is 0.100. The van der Waals surface area contributed by atoms with Crippen LogP contribution in [-0.4, -0.2) is 0 Å². The van der Waals surface area contributed by atoms with E-state index >= 15 is 0 Å². The van der Waals surface area contributed by atoms with Gasteiger partial charge in [-0.15, -0.1) is 0 Å². The third-order valence-electron chi connectivity index (χ3n) is 2.05. The van der Waals surface area contributed by atoms with Gasteiger partial charge in [0.25, 0.3) is 0 Å². The Morgan fingerprint density at radius 1 is 1.06 bits per heavy atom. The van der Waals surface area contributed by atoms with Gasteiger partial charge < -0.3 is 0 Å². The molecule has 1 aliphatic rings. The van der Waals surface area contributed by atoms with E-state index in [9.17, 15) is 0 Å². The van der Waals surface area contributed by atoms with Crippen molar-refractivity contribution < 1.29 is 0 Å². The van der Waals surface area contributed by atoms with Crippen LogP contribution in [0, 0.1) is 5.41 Å². The van der Waals surface area contributed by atoms with Gasteiger partial charge in [0.15, 0.2) is 0 Å². The van der Waals surface area contributed by atoms with Gasteiger partial charge in [0.05, 0.1) is 0 Å². The molecule has 1 rings (SSSR count). The highest BCUT2D eigenvalue weighted by Gasteiger charge is 2.12. The average Bonchev–Trinajstić information content (AvgIpc) is 2.48. The molecule has 0 saturated heterocycles. The molecule has 1 atom stereocenters. The van der Waals surface area contributed by atoms with Crippen LogP contribution in [0.4, 0.5) is 0 Å². The largest absolute Gasteiger partial charge is 0.0905 e. The summed E-state index contributed by atoms with van der Waals surface area (Å²) in [5.41, 5.74) is 1.41. The molecule has 0 nitrogen and oxygen atoms in total. The van der Waals surface area contributed by atoms with Crippen LogP contribution >= 0.6 is 0 Å². The predicted molar refractivity (Wildman–Crippen MR) is 77.7 cm³/mol. The summed E-state index contributed by atoms with van der Waals surface area (Å²) in [5, 5.41) is 0. The third-order valence-corrected chi connectivity index (χ3v) is 2.05. The lowest BCUT2D eigenvalue weighted by molar-refractivity contribution is 0.716. The molecule has 0 spiro atoms. The lowest BCUT2D eigenvalue weighted by Crippen LogP contribution is -2.03. The van der Waals surface area contributed by atoms with Crippen molar-refractivity contribution in [1.29, 1.82) is 0 Å². The lowest BCUT2D eigenvalue weighted by Gasteiger charge is -2.15. The Balaban J connectivity index is 0. The highest BCUT2D eigenvalue weighted by Crippen LogP contribution is 2.25. The van der Waals surface area contributed by atoms with Crippen molar-refractivity contribution in [1.82, 2.24) is 0 Å². The maximum absolute atomic E-state index is 2.22. The number of allylic oxidation sites excluding steroid dienone is 8. The molecule has 0 fully saturated rings. The smallest absolute Gasteiger partial charge is 0.0219 e. The van der Waals surface area contributed by atoms with Crippen LogP contribution in [0.1, 0.15) is 48.5 Å². The summed E-state index contributed by atoms with van der Waals surface area (Å²) in [6.45, 7) is 14.4. The summed E-state index contributed by atoms with van der Waals surface area (Å²) in [5.74, 6) is 0. The molecule has 0 radical (unpaired) electrons. The molecule has 92 valence electrons. The van der Waals surface area contributed by atoms with Crippen molar-refractivity contribution in [2.24, 2.45) is 5.41 Å². The standard InChI is InChI=1S/C12H16.2C2H6/c1-4-8-12(3)9-5-6-11(2)7-10-12;2*1-2/h4-10H,1-3H3;2*1-2H3/b8-4+;;. The van der Waals surface area contributed by atoms with E-state index in [2.05, 4.69) is 63.3 Å². The highest BCUT2D eigenvalue weighted by atomic mass is 14.2. The zero-order valence-electron chi connectivity index (χ0n) is 12.0. The van der Waals surface area contributed by atoms with Gasteiger partial charge in [-0.3, -0.25) is 0 Å².